The highest BCUT2D eigenvalue weighted by molar-refractivity contribution is 6.30. The fourth-order valence-electron chi connectivity index (χ4n) is 2.48. The van der Waals surface area contributed by atoms with Gasteiger partial charge in [0.2, 0.25) is 11.8 Å². The van der Waals surface area contributed by atoms with E-state index in [9.17, 15) is 9.59 Å². The van der Waals surface area contributed by atoms with Crippen molar-refractivity contribution in [2.45, 2.75) is 32.7 Å². The Bertz CT molecular complexity index is 750. The molecule has 0 radical (unpaired) electrons. The maximum Gasteiger partial charge on any atom is 0.222 e. The summed E-state index contributed by atoms with van der Waals surface area (Å²) in [5, 5.41) is 6.26. The standard InChI is InChI=1S/C21H25ClN2O3/c1-16-14-18(22)9-10-19(16)27-13-5-8-20(25)23-12-11-21(26)24-15-17-6-3-2-4-7-17/h2-4,6-7,9-10,14H,5,8,11-13,15H2,1H3,(H,23,25)(H,24,26). The summed E-state index contributed by atoms with van der Waals surface area (Å²) in [5.41, 5.74) is 2.01. The van der Waals surface area contributed by atoms with Crippen molar-refractivity contribution in [3.63, 3.8) is 0 Å². The quantitative estimate of drug-likeness (QED) is 0.611. The van der Waals surface area contributed by atoms with Crippen LogP contribution in [-0.2, 0) is 16.1 Å². The second-order valence-corrected chi connectivity index (χ2v) is 6.66. The summed E-state index contributed by atoms with van der Waals surface area (Å²) in [5.74, 6) is 0.609. The number of aryl methyl sites for hydroxylation is 1. The van der Waals surface area contributed by atoms with Crippen molar-refractivity contribution in [2.24, 2.45) is 0 Å². The first kappa shape index (κ1) is 20.8. The fraction of sp³-hybridized carbons (Fsp3) is 0.333. The van der Waals surface area contributed by atoms with Crippen molar-refractivity contribution < 1.29 is 14.3 Å². The van der Waals surface area contributed by atoms with E-state index in [1.807, 2.05) is 49.4 Å². The molecule has 144 valence electrons. The van der Waals surface area contributed by atoms with Crippen LogP contribution in [0.3, 0.4) is 0 Å². The molecule has 2 rings (SSSR count). The van der Waals surface area contributed by atoms with Crippen LogP contribution in [0.15, 0.2) is 48.5 Å². The van der Waals surface area contributed by atoms with Gasteiger partial charge in [-0.15, -0.1) is 0 Å². The second-order valence-electron chi connectivity index (χ2n) is 6.22. The van der Waals surface area contributed by atoms with E-state index in [1.54, 1.807) is 6.07 Å². The Morgan fingerprint density at radius 1 is 1.00 bits per heavy atom. The minimum Gasteiger partial charge on any atom is -0.493 e. The van der Waals surface area contributed by atoms with E-state index in [4.69, 9.17) is 16.3 Å². The van der Waals surface area contributed by atoms with Gasteiger partial charge in [-0.05, 0) is 42.7 Å². The molecular formula is C21H25ClN2O3. The highest BCUT2D eigenvalue weighted by atomic mass is 35.5. The minimum atomic E-state index is -0.0827. The molecule has 2 N–H and O–H groups in total. The first-order valence-electron chi connectivity index (χ1n) is 9.01. The highest BCUT2D eigenvalue weighted by Crippen LogP contribution is 2.21. The van der Waals surface area contributed by atoms with Crippen molar-refractivity contribution in [3.8, 4) is 5.75 Å². The Balaban J connectivity index is 1.53. The highest BCUT2D eigenvalue weighted by Gasteiger charge is 2.05. The second kappa shape index (κ2) is 11.2. The molecule has 0 fully saturated rings. The monoisotopic (exact) mass is 388 g/mol. The number of amides is 2. The Morgan fingerprint density at radius 3 is 2.48 bits per heavy atom. The lowest BCUT2D eigenvalue weighted by Gasteiger charge is -2.09. The molecule has 0 bridgehead atoms. The minimum absolute atomic E-state index is 0.0812. The number of rotatable bonds is 10. The average molecular weight is 389 g/mol. The summed E-state index contributed by atoms with van der Waals surface area (Å²) < 4.78 is 5.66. The van der Waals surface area contributed by atoms with E-state index >= 15 is 0 Å². The molecule has 27 heavy (non-hydrogen) atoms. The predicted molar refractivity (Wildman–Crippen MR) is 107 cm³/mol. The third-order valence-corrected chi connectivity index (χ3v) is 4.18. The molecule has 2 aromatic carbocycles. The maximum atomic E-state index is 11.8. The lowest BCUT2D eigenvalue weighted by Crippen LogP contribution is -2.30. The van der Waals surface area contributed by atoms with E-state index in [2.05, 4.69) is 10.6 Å². The van der Waals surface area contributed by atoms with Crippen molar-refractivity contribution in [2.75, 3.05) is 13.2 Å². The van der Waals surface area contributed by atoms with Crippen LogP contribution in [0.5, 0.6) is 5.75 Å². The summed E-state index contributed by atoms with van der Waals surface area (Å²) in [7, 11) is 0. The molecule has 2 aromatic rings. The molecule has 0 aliphatic carbocycles. The fourth-order valence-corrected chi connectivity index (χ4v) is 2.71. The zero-order valence-corrected chi connectivity index (χ0v) is 16.2. The summed E-state index contributed by atoms with van der Waals surface area (Å²) in [6.45, 7) is 3.20. The SMILES string of the molecule is Cc1cc(Cl)ccc1OCCCC(=O)NCCC(=O)NCc1ccccc1. The molecule has 0 aliphatic heterocycles. The molecule has 0 atom stereocenters. The Hall–Kier alpha value is -2.53. The number of halogens is 1. The number of carbonyl (C=O) groups excluding carboxylic acids is 2. The molecule has 0 aliphatic rings. The lowest BCUT2D eigenvalue weighted by molar-refractivity contribution is -0.122. The third kappa shape index (κ3) is 8.13. The average Bonchev–Trinajstić information content (AvgIpc) is 2.66. The summed E-state index contributed by atoms with van der Waals surface area (Å²) >= 11 is 5.90. The van der Waals surface area contributed by atoms with Gasteiger partial charge in [-0.2, -0.15) is 0 Å². The van der Waals surface area contributed by atoms with Crippen LogP contribution >= 0.6 is 11.6 Å². The van der Waals surface area contributed by atoms with E-state index in [0.717, 1.165) is 16.9 Å². The smallest absolute Gasteiger partial charge is 0.222 e. The van der Waals surface area contributed by atoms with Gasteiger partial charge in [0.15, 0.2) is 0 Å². The van der Waals surface area contributed by atoms with Crippen LogP contribution in [0.1, 0.15) is 30.4 Å². The van der Waals surface area contributed by atoms with E-state index in [0.29, 0.717) is 37.6 Å². The number of benzene rings is 2. The first-order valence-corrected chi connectivity index (χ1v) is 9.38. The summed E-state index contributed by atoms with van der Waals surface area (Å²) in [6.07, 6.45) is 1.23. The maximum absolute atomic E-state index is 11.8. The van der Waals surface area contributed by atoms with Crippen LogP contribution in [0.2, 0.25) is 5.02 Å². The van der Waals surface area contributed by atoms with Gasteiger partial charge < -0.3 is 15.4 Å². The van der Waals surface area contributed by atoms with Gasteiger partial charge in [0, 0.05) is 31.0 Å². The van der Waals surface area contributed by atoms with Gasteiger partial charge in [0.25, 0.3) is 0 Å². The van der Waals surface area contributed by atoms with Crippen LogP contribution in [0.25, 0.3) is 0 Å². The molecule has 6 heteroatoms. The molecular weight excluding hydrogens is 364 g/mol. The largest absolute Gasteiger partial charge is 0.493 e. The topological polar surface area (TPSA) is 67.4 Å². The molecule has 0 saturated heterocycles. The number of ether oxygens (including phenoxy) is 1. The molecule has 0 aromatic heterocycles. The molecule has 5 nitrogen and oxygen atoms in total. The lowest BCUT2D eigenvalue weighted by atomic mass is 10.2. The number of hydrogen-bond donors (Lipinski definition) is 2. The third-order valence-electron chi connectivity index (χ3n) is 3.95. The Kier molecular flexibility index (Phi) is 8.65. The zero-order chi connectivity index (χ0) is 19.5. The predicted octanol–water partition coefficient (Wildman–Crippen LogP) is 3.63. The molecule has 0 heterocycles. The van der Waals surface area contributed by atoms with E-state index in [-0.39, 0.29) is 18.2 Å². The van der Waals surface area contributed by atoms with Gasteiger partial charge in [0.1, 0.15) is 5.75 Å². The van der Waals surface area contributed by atoms with E-state index < -0.39 is 0 Å². The molecule has 0 saturated carbocycles. The molecule has 0 unspecified atom stereocenters. The number of hydrogen-bond acceptors (Lipinski definition) is 3. The molecule has 0 spiro atoms. The van der Waals surface area contributed by atoms with Crippen molar-refractivity contribution in [3.05, 3.63) is 64.7 Å². The normalized spacial score (nSPS) is 10.3. The summed E-state index contributed by atoms with van der Waals surface area (Å²) in [4.78, 5) is 23.6. The van der Waals surface area contributed by atoms with Crippen molar-refractivity contribution in [1.82, 2.24) is 10.6 Å². The van der Waals surface area contributed by atoms with Crippen LogP contribution < -0.4 is 15.4 Å². The first-order chi connectivity index (χ1) is 13.0. The van der Waals surface area contributed by atoms with Crippen molar-refractivity contribution >= 4 is 23.4 Å². The van der Waals surface area contributed by atoms with Gasteiger partial charge >= 0.3 is 0 Å². The van der Waals surface area contributed by atoms with Gasteiger partial charge in [-0.25, -0.2) is 0 Å². The van der Waals surface area contributed by atoms with Crippen LogP contribution in [0.4, 0.5) is 0 Å². The van der Waals surface area contributed by atoms with E-state index in [1.165, 1.54) is 0 Å². The number of nitrogens with one attached hydrogen (secondary N) is 2. The van der Waals surface area contributed by atoms with Crippen molar-refractivity contribution in [1.29, 1.82) is 0 Å². The van der Waals surface area contributed by atoms with Gasteiger partial charge in [-0.1, -0.05) is 41.9 Å². The Labute approximate surface area is 165 Å². The van der Waals surface area contributed by atoms with Gasteiger partial charge in [-0.3, -0.25) is 9.59 Å². The van der Waals surface area contributed by atoms with Crippen LogP contribution in [0, 0.1) is 6.92 Å². The van der Waals surface area contributed by atoms with Gasteiger partial charge in [0.05, 0.1) is 6.61 Å². The zero-order valence-electron chi connectivity index (χ0n) is 15.5. The Morgan fingerprint density at radius 2 is 1.74 bits per heavy atom. The van der Waals surface area contributed by atoms with Crippen LogP contribution in [-0.4, -0.2) is 25.0 Å². The number of carbonyl (C=O) groups is 2. The molecule has 2 amide bonds. The summed E-state index contributed by atoms with van der Waals surface area (Å²) in [6, 6.07) is 15.1.